The lowest BCUT2D eigenvalue weighted by molar-refractivity contribution is -0.546. The van der Waals surface area contributed by atoms with Crippen molar-refractivity contribution >= 4 is 28.4 Å². The molecule has 0 saturated carbocycles. The Morgan fingerprint density at radius 2 is 1.88 bits per heavy atom. The molecule has 0 radical (unpaired) electrons. The highest BCUT2D eigenvalue weighted by molar-refractivity contribution is 8.13. The Balaban J connectivity index is 2.30. The van der Waals surface area contributed by atoms with E-state index in [2.05, 4.69) is 23.0 Å². The molecule has 1 aromatic rings. The lowest BCUT2D eigenvalue weighted by atomic mass is 10.2. The maximum atomic E-state index is 5.90. The van der Waals surface area contributed by atoms with Gasteiger partial charge in [0.15, 0.2) is 13.1 Å². The molecule has 1 fully saturated rings. The first kappa shape index (κ1) is 12.0. The maximum absolute atomic E-state index is 5.90. The first-order valence-corrected chi connectivity index (χ1v) is 6.91. The van der Waals surface area contributed by atoms with Gasteiger partial charge in [0.25, 0.3) is 0 Å². The van der Waals surface area contributed by atoms with Crippen LogP contribution in [0.5, 0.6) is 0 Å². The van der Waals surface area contributed by atoms with E-state index in [-0.39, 0.29) is 0 Å². The van der Waals surface area contributed by atoms with E-state index >= 15 is 0 Å². The van der Waals surface area contributed by atoms with Gasteiger partial charge in [-0.1, -0.05) is 23.4 Å². The van der Waals surface area contributed by atoms with E-state index in [0.717, 1.165) is 31.3 Å². The molecule has 1 aliphatic heterocycles. The molecular formula is C12H15ClNOS+. The van der Waals surface area contributed by atoms with Crippen LogP contribution in [0.15, 0.2) is 24.3 Å². The molecule has 4 heteroatoms. The Morgan fingerprint density at radius 3 is 2.44 bits per heavy atom. The number of benzene rings is 1. The van der Waals surface area contributed by atoms with Crippen molar-refractivity contribution in [1.82, 2.24) is 0 Å². The Hall–Kier alpha value is -0.510. The van der Waals surface area contributed by atoms with E-state index in [1.807, 2.05) is 12.1 Å². The van der Waals surface area contributed by atoms with Crippen LogP contribution in [-0.2, 0) is 4.74 Å². The Morgan fingerprint density at radius 1 is 1.25 bits per heavy atom. The molecule has 1 heterocycles. The van der Waals surface area contributed by atoms with Gasteiger partial charge in [0.2, 0.25) is 5.04 Å². The second-order valence-corrected chi connectivity index (χ2v) is 4.85. The van der Waals surface area contributed by atoms with Crippen molar-refractivity contribution in [3.8, 4) is 0 Å². The molecule has 2 rings (SSSR count). The summed E-state index contributed by atoms with van der Waals surface area (Å²) in [5, 5.41) is 2.09. The molecule has 0 unspecified atom stereocenters. The van der Waals surface area contributed by atoms with E-state index in [9.17, 15) is 0 Å². The normalized spacial score (nSPS) is 16.2. The van der Waals surface area contributed by atoms with Crippen molar-refractivity contribution in [3.05, 3.63) is 34.9 Å². The molecule has 86 valence electrons. The fourth-order valence-corrected chi connectivity index (χ4v) is 2.73. The molecule has 0 amide bonds. The third kappa shape index (κ3) is 2.78. The highest BCUT2D eigenvalue weighted by Crippen LogP contribution is 2.15. The van der Waals surface area contributed by atoms with Crippen molar-refractivity contribution in [1.29, 1.82) is 0 Å². The third-order valence-electron chi connectivity index (χ3n) is 2.58. The van der Waals surface area contributed by atoms with Gasteiger partial charge in [-0.05, 0) is 30.5 Å². The Labute approximate surface area is 105 Å². The third-order valence-corrected chi connectivity index (χ3v) is 3.72. The molecule has 0 bridgehead atoms. The summed E-state index contributed by atoms with van der Waals surface area (Å²) >= 11 is 7.68. The van der Waals surface area contributed by atoms with Crippen molar-refractivity contribution in [2.45, 2.75) is 0 Å². The predicted octanol–water partition coefficient (Wildman–Crippen LogP) is 2.49. The number of nitrogens with zero attached hydrogens (tertiary/aromatic N) is 1. The molecule has 1 saturated heterocycles. The van der Waals surface area contributed by atoms with E-state index in [0.29, 0.717) is 0 Å². The van der Waals surface area contributed by atoms with Gasteiger partial charge in [-0.2, -0.15) is 0 Å². The van der Waals surface area contributed by atoms with Crippen molar-refractivity contribution in [3.63, 3.8) is 0 Å². The molecular weight excluding hydrogens is 242 g/mol. The van der Waals surface area contributed by atoms with Crippen LogP contribution in [0.2, 0.25) is 5.02 Å². The monoisotopic (exact) mass is 256 g/mol. The number of rotatable bonds is 1. The highest BCUT2D eigenvalue weighted by Gasteiger charge is 2.19. The summed E-state index contributed by atoms with van der Waals surface area (Å²) in [7, 11) is 0. The molecule has 0 spiro atoms. The zero-order chi connectivity index (χ0) is 11.4. The van der Waals surface area contributed by atoms with Gasteiger partial charge in [0.1, 0.15) is 13.2 Å². The summed E-state index contributed by atoms with van der Waals surface area (Å²) in [6.07, 6.45) is 2.11. The molecule has 1 aliphatic rings. The smallest absolute Gasteiger partial charge is 0.241 e. The van der Waals surface area contributed by atoms with Crippen LogP contribution in [0.25, 0.3) is 0 Å². The van der Waals surface area contributed by atoms with E-state index in [4.69, 9.17) is 16.3 Å². The predicted molar refractivity (Wildman–Crippen MR) is 69.9 cm³/mol. The summed E-state index contributed by atoms with van der Waals surface area (Å²) in [5.74, 6) is 0. The van der Waals surface area contributed by atoms with Crippen LogP contribution >= 0.6 is 23.4 Å². The minimum Gasteiger partial charge on any atom is -0.368 e. The summed E-state index contributed by atoms with van der Waals surface area (Å²) in [4.78, 5) is 0. The quantitative estimate of drug-likeness (QED) is 0.565. The van der Waals surface area contributed by atoms with E-state index in [1.54, 1.807) is 11.8 Å². The van der Waals surface area contributed by atoms with Crippen LogP contribution in [0, 0.1) is 0 Å². The summed E-state index contributed by atoms with van der Waals surface area (Å²) < 4.78 is 7.74. The largest absolute Gasteiger partial charge is 0.368 e. The fraction of sp³-hybridized carbons (Fsp3) is 0.417. The fourth-order valence-electron chi connectivity index (χ4n) is 1.79. The lowest BCUT2D eigenvalue weighted by Crippen LogP contribution is -2.32. The van der Waals surface area contributed by atoms with Gasteiger partial charge in [-0.3, -0.25) is 0 Å². The topological polar surface area (TPSA) is 12.2 Å². The zero-order valence-corrected chi connectivity index (χ0v) is 10.9. The number of ether oxygens (including phenoxy) is 1. The van der Waals surface area contributed by atoms with Gasteiger partial charge in [-0.25, -0.2) is 4.58 Å². The van der Waals surface area contributed by atoms with Crippen molar-refractivity contribution in [2.75, 3.05) is 32.6 Å². The van der Waals surface area contributed by atoms with Crippen molar-refractivity contribution in [2.24, 2.45) is 0 Å². The van der Waals surface area contributed by atoms with Crippen LogP contribution in [0.1, 0.15) is 5.56 Å². The van der Waals surface area contributed by atoms with Gasteiger partial charge < -0.3 is 4.74 Å². The van der Waals surface area contributed by atoms with Crippen LogP contribution < -0.4 is 0 Å². The average molecular weight is 257 g/mol. The summed E-state index contributed by atoms with van der Waals surface area (Å²) in [5.41, 5.74) is 1.24. The second-order valence-electron chi connectivity index (χ2n) is 3.62. The minimum absolute atomic E-state index is 0.784. The van der Waals surface area contributed by atoms with Gasteiger partial charge in [-0.15, -0.1) is 0 Å². The van der Waals surface area contributed by atoms with Crippen LogP contribution in [-0.4, -0.2) is 42.2 Å². The molecule has 0 N–H and O–H groups in total. The maximum Gasteiger partial charge on any atom is 0.241 e. The van der Waals surface area contributed by atoms with Gasteiger partial charge in [0, 0.05) is 5.02 Å². The standard InChI is InChI=1S/C12H15ClNOS/c1-16-12(14-6-8-15-9-7-14)10-2-4-11(13)5-3-10/h2-5H,6-9H2,1H3/q+1. The van der Waals surface area contributed by atoms with Gasteiger partial charge in [0.05, 0.1) is 5.56 Å². The number of hydrogen-bond donors (Lipinski definition) is 0. The SMILES string of the molecule is CSC(c1ccc(Cl)cc1)=[N+]1CCOCC1. The lowest BCUT2D eigenvalue weighted by Gasteiger charge is -2.14. The van der Waals surface area contributed by atoms with Crippen LogP contribution in [0.4, 0.5) is 0 Å². The van der Waals surface area contributed by atoms with Crippen LogP contribution in [0.3, 0.4) is 0 Å². The summed E-state index contributed by atoms with van der Waals surface area (Å²) in [6.45, 7) is 3.58. The Bertz CT molecular complexity index is 381. The molecule has 16 heavy (non-hydrogen) atoms. The number of thioether (sulfide) groups is 1. The van der Waals surface area contributed by atoms with Gasteiger partial charge >= 0.3 is 0 Å². The first-order chi connectivity index (χ1) is 7.81. The highest BCUT2D eigenvalue weighted by atomic mass is 35.5. The number of hydrogen-bond acceptors (Lipinski definition) is 2. The molecule has 0 aromatic heterocycles. The Kier molecular flexibility index (Phi) is 4.27. The molecule has 2 nitrogen and oxygen atoms in total. The van der Waals surface area contributed by atoms with E-state index in [1.165, 1.54) is 10.6 Å². The molecule has 1 aromatic carbocycles. The first-order valence-electron chi connectivity index (χ1n) is 5.31. The molecule has 0 atom stereocenters. The van der Waals surface area contributed by atoms with E-state index < -0.39 is 0 Å². The zero-order valence-electron chi connectivity index (χ0n) is 9.28. The summed E-state index contributed by atoms with van der Waals surface area (Å²) in [6, 6.07) is 8.02. The number of halogens is 1. The second kappa shape index (κ2) is 5.71. The average Bonchev–Trinajstić information content (AvgIpc) is 2.34. The van der Waals surface area contributed by atoms with Crippen molar-refractivity contribution < 1.29 is 9.31 Å². The number of morpholine rings is 1. The minimum atomic E-state index is 0.784. The molecule has 0 aliphatic carbocycles.